The van der Waals surface area contributed by atoms with E-state index in [0.717, 1.165) is 32.1 Å². The zero-order chi connectivity index (χ0) is 17.8. The molecule has 0 saturated carbocycles. The van der Waals surface area contributed by atoms with Crippen molar-refractivity contribution in [3.63, 3.8) is 0 Å². The van der Waals surface area contributed by atoms with Crippen molar-refractivity contribution in [1.29, 1.82) is 0 Å². The number of hydrogen-bond acceptors (Lipinski definition) is 5. The Balaban J connectivity index is 1.57. The van der Waals surface area contributed by atoms with Gasteiger partial charge in [-0.2, -0.15) is 0 Å². The van der Waals surface area contributed by atoms with Crippen LogP contribution >= 0.6 is 11.3 Å². The fourth-order valence-corrected chi connectivity index (χ4v) is 3.43. The third kappa shape index (κ3) is 4.37. The molecule has 2 aromatic carbocycles. The quantitative estimate of drug-likeness (QED) is 0.593. The molecule has 1 heterocycles. The van der Waals surface area contributed by atoms with Gasteiger partial charge in [-0.25, -0.2) is 9.78 Å². The summed E-state index contributed by atoms with van der Waals surface area (Å²) in [7, 11) is 0. The molecule has 25 heavy (non-hydrogen) atoms. The van der Waals surface area contributed by atoms with E-state index in [9.17, 15) is 4.79 Å². The van der Waals surface area contributed by atoms with Crippen molar-refractivity contribution in [2.24, 2.45) is 0 Å². The van der Waals surface area contributed by atoms with Gasteiger partial charge in [-0.05, 0) is 42.2 Å². The van der Waals surface area contributed by atoms with Gasteiger partial charge in [0.2, 0.25) is 0 Å². The molecule has 4 nitrogen and oxygen atoms in total. The molecule has 130 valence electrons. The highest BCUT2D eigenvalue weighted by Crippen LogP contribution is 2.27. The third-order valence-corrected chi connectivity index (χ3v) is 4.84. The van der Waals surface area contributed by atoms with Gasteiger partial charge in [0.25, 0.3) is 0 Å². The molecule has 0 atom stereocenters. The van der Waals surface area contributed by atoms with Crippen LogP contribution in [0.25, 0.3) is 10.2 Å². The second-order valence-electron chi connectivity index (χ2n) is 6.22. The average molecular weight is 355 g/mol. The van der Waals surface area contributed by atoms with E-state index in [1.54, 1.807) is 0 Å². The number of esters is 1. The lowest BCUT2D eigenvalue weighted by Crippen LogP contribution is -2.15. The molecule has 3 rings (SSSR count). The van der Waals surface area contributed by atoms with Crippen LogP contribution in [0, 0.1) is 6.92 Å². The van der Waals surface area contributed by atoms with E-state index in [1.807, 2.05) is 49.4 Å². The van der Waals surface area contributed by atoms with E-state index in [1.165, 1.54) is 11.3 Å². The van der Waals surface area contributed by atoms with Crippen LogP contribution in [0.1, 0.15) is 35.9 Å². The van der Waals surface area contributed by atoms with Crippen LogP contribution in [0.3, 0.4) is 0 Å². The molecule has 0 aliphatic heterocycles. The molecule has 0 fully saturated rings. The molecule has 0 unspecified atom stereocenters. The summed E-state index contributed by atoms with van der Waals surface area (Å²) in [6, 6.07) is 13.9. The molecule has 0 saturated heterocycles. The first kappa shape index (κ1) is 17.4. The minimum Gasteiger partial charge on any atom is -0.482 e. The Morgan fingerprint density at radius 1 is 1.20 bits per heavy atom. The average Bonchev–Trinajstić information content (AvgIpc) is 3.01. The summed E-state index contributed by atoms with van der Waals surface area (Å²) in [6.45, 7) is 6.27. The molecule has 0 spiro atoms. The van der Waals surface area contributed by atoms with Gasteiger partial charge in [0, 0.05) is 0 Å². The van der Waals surface area contributed by atoms with E-state index in [4.69, 9.17) is 9.47 Å². The molecule has 0 amide bonds. The Bertz CT molecular complexity index is 853. The fourth-order valence-electron chi connectivity index (χ4n) is 2.55. The van der Waals surface area contributed by atoms with Crippen molar-refractivity contribution < 1.29 is 14.3 Å². The van der Waals surface area contributed by atoms with Gasteiger partial charge in [-0.1, -0.05) is 38.1 Å². The Labute approximate surface area is 151 Å². The van der Waals surface area contributed by atoms with Gasteiger partial charge in [-0.3, -0.25) is 0 Å². The minimum atomic E-state index is -0.393. The maximum absolute atomic E-state index is 12.0. The molecule has 0 radical (unpaired) electrons. The van der Waals surface area contributed by atoms with E-state index in [-0.39, 0.29) is 13.2 Å². The Morgan fingerprint density at radius 3 is 2.76 bits per heavy atom. The van der Waals surface area contributed by atoms with Crippen molar-refractivity contribution in [2.45, 2.75) is 33.3 Å². The maximum atomic E-state index is 12.0. The SMILES string of the molecule is Cc1ccc(C(C)C)c(OCC(=O)OCc2nc3ccccc3s2)c1. The summed E-state index contributed by atoms with van der Waals surface area (Å²) in [6.07, 6.45) is 0. The number of ether oxygens (including phenoxy) is 2. The number of benzene rings is 2. The maximum Gasteiger partial charge on any atom is 0.344 e. The Hall–Kier alpha value is -2.40. The smallest absolute Gasteiger partial charge is 0.344 e. The predicted molar refractivity (Wildman–Crippen MR) is 100 cm³/mol. The number of para-hydroxylation sites is 1. The zero-order valence-corrected chi connectivity index (χ0v) is 15.4. The molecule has 0 aliphatic carbocycles. The van der Waals surface area contributed by atoms with Crippen LogP contribution in [0.2, 0.25) is 0 Å². The number of carbonyl (C=O) groups excluding carboxylic acids is 1. The summed E-state index contributed by atoms with van der Waals surface area (Å²) in [5, 5.41) is 0.785. The Kier molecular flexibility index (Phi) is 5.34. The minimum absolute atomic E-state index is 0.103. The molecule has 0 N–H and O–H groups in total. The monoisotopic (exact) mass is 355 g/mol. The molecule has 3 aromatic rings. The summed E-state index contributed by atoms with van der Waals surface area (Å²) in [5.74, 6) is 0.678. The lowest BCUT2D eigenvalue weighted by molar-refractivity contribution is -0.147. The first-order valence-corrected chi connectivity index (χ1v) is 9.08. The number of nitrogens with zero attached hydrogens (tertiary/aromatic N) is 1. The lowest BCUT2D eigenvalue weighted by Gasteiger charge is -2.14. The normalized spacial score (nSPS) is 11.0. The van der Waals surface area contributed by atoms with Crippen molar-refractivity contribution >= 4 is 27.5 Å². The van der Waals surface area contributed by atoms with Crippen LogP contribution in [-0.4, -0.2) is 17.6 Å². The van der Waals surface area contributed by atoms with E-state index >= 15 is 0 Å². The van der Waals surface area contributed by atoms with Crippen LogP contribution in [0.15, 0.2) is 42.5 Å². The number of carbonyl (C=O) groups is 1. The van der Waals surface area contributed by atoms with Gasteiger partial charge in [0.05, 0.1) is 10.2 Å². The van der Waals surface area contributed by atoms with Crippen molar-refractivity contribution in [3.05, 3.63) is 58.6 Å². The molecule has 0 aliphatic rings. The Morgan fingerprint density at radius 2 is 2.00 bits per heavy atom. The van der Waals surface area contributed by atoms with E-state index < -0.39 is 5.97 Å². The number of aryl methyl sites for hydroxylation is 1. The summed E-state index contributed by atoms with van der Waals surface area (Å²) in [5.41, 5.74) is 3.11. The zero-order valence-electron chi connectivity index (χ0n) is 14.6. The number of fused-ring (bicyclic) bond motifs is 1. The number of hydrogen-bond donors (Lipinski definition) is 0. The molecule has 5 heteroatoms. The number of rotatable bonds is 6. The second kappa shape index (κ2) is 7.66. The lowest BCUT2D eigenvalue weighted by atomic mass is 10.0. The van der Waals surface area contributed by atoms with Gasteiger partial charge < -0.3 is 9.47 Å². The summed E-state index contributed by atoms with van der Waals surface area (Å²) in [4.78, 5) is 16.5. The fraction of sp³-hybridized carbons (Fsp3) is 0.300. The van der Waals surface area contributed by atoms with E-state index in [2.05, 4.69) is 18.8 Å². The molecule has 1 aromatic heterocycles. The summed E-state index contributed by atoms with van der Waals surface area (Å²) < 4.78 is 12.1. The first-order chi connectivity index (χ1) is 12.0. The molecule has 0 bridgehead atoms. The van der Waals surface area contributed by atoms with Crippen molar-refractivity contribution in [2.75, 3.05) is 6.61 Å². The molecular weight excluding hydrogens is 334 g/mol. The summed E-state index contributed by atoms with van der Waals surface area (Å²) >= 11 is 1.53. The van der Waals surface area contributed by atoms with Crippen molar-refractivity contribution in [3.8, 4) is 5.75 Å². The molecular formula is C20H21NO3S. The topological polar surface area (TPSA) is 48.4 Å². The van der Waals surface area contributed by atoms with Crippen LogP contribution in [0.4, 0.5) is 0 Å². The van der Waals surface area contributed by atoms with Gasteiger partial charge >= 0.3 is 5.97 Å². The predicted octanol–water partition coefficient (Wildman–Crippen LogP) is 4.85. The van der Waals surface area contributed by atoms with Crippen LogP contribution in [-0.2, 0) is 16.1 Å². The highest BCUT2D eigenvalue weighted by atomic mass is 32.1. The largest absolute Gasteiger partial charge is 0.482 e. The van der Waals surface area contributed by atoms with Gasteiger partial charge in [0.15, 0.2) is 6.61 Å². The van der Waals surface area contributed by atoms with E-state index in [0.29, 0.717) is 5.92 Å². The standard InChI is InChI=1S/C20H21NO3S/c1-13(2)15-9-8-14(3)10-17(15)23-12-20(22)24-11-19-21-16-6-4-5-7-18(16)25-19/h4-10,13H,11-12H2,1-3H3. The highest BCUT2D eigenvalue weighted by Gasteiger charge is 2.12. The third-order valence-electron chi connectivity index (χ3n) is 3.83. The number of aromatic nitrogens is 1. The van der Waals surface area contributed by atoms with Crippen LogP contribution in [0.5, 0.6) is 5.75 Å². The second-order valence-corrected chi connectivity index (χ2v) is 7.34. The number of thiazole rings is 1. The highest BCUT2D eigenvalue weighted by molar-refractivity contribution is 7.18. The van der Waals surface area contributed by atoms with Crippen molar-refractivity contribution in [1.82, 2.24) is 4.98 Å². The van der Waals surface area contributed by atoms with Crippen LogP contribution < -0.4 is 4.74 Å². The van der Waals surface area contributed by atoms with Gasteiger partial charge in [0.1, 0.15) is 17.4 Å². The van der Waals surface area contributed by atoms with Gasteiger partial charge in [-0.15, -0.1) is 11.3 Å². The first-order valence-electron chi connectivity index (χ1n) is 8.26.